The third-order valence-electron chi connectivity index (χ3n) is 3.39. The fourth-order valence-corrected chi connectivity index (χ4v) is 2.29. The van der Waals surface area contributed by atoms with Gasteiger partial charge in [-0.2, -0.15) is 0 Å². The summed E-state index contributed by atoms with van der Waals surface area (Å²) in [4.78, 5) is 23.3. The minimum absolute atomic E-state index is 0.0987. The summed E-state index contributed by atoms with van der Waals surface area (Å²) in [7, 11) is 0. The molecule has 0 aliphatic carbocycles. The van der Waals surface area contributed by atoms with E-state index in [-0.39, 0.29) is 12.3 Å². The number of fused-ring (bicyclic) bond motifs is 1. The van der Waals surface area contributed by atoms with E-state index in [0.29, 0.717) is 12.2 Å². The van der Waals surface area contributed by atoms with Crippen LogP contribution in [0.4, 0.5) is 5.69 Å². The summed E-state index contributed by atoms with van der Waals surface area (Å²) in [6, 6.07) is 12.5. The van der Waals surface area contributed by atoms with Crippen LogP contribution >= 0.6 is 0 Å². The second-order valence-corrected chi connectivity index (χ2v) is 5.12. The Labute approximate surface area is 129 Å². The van der Waals surface area contributed by atoms with Crippen LogP contribution in [0.5, 0.6) is 0 Å². The fourth-order valence-electron chi connectivity index (χ4n) is 2.29. The maximum absolute atomic E-state index is 12.1. The van der Waals surface area contributed by atoms with Gasteiger partial charge < -0.3 is 15.7 Å². The van der Waals surface area contributed by atoms with E-state index in [1.54, 1.807) is 0 Å². The summed E-state index contributed by atoms with van der Waals surface area (Å²) in [6.45, 7) is 2.51. The number of hydrogen-bond acceptors (Lipinski definition) is 3. The van der Waals surface area contributed by atoms with Crippen molar-refractivity contribution in [1.29, 1.82) is 0 Å². The van der Waals surface area contributed by atoms with Gasteiger partial charge in [-0.25, -0.2) is 0 Å². The Balaban J connectivity index is 2.08. The minimum atomic E-state index is -1.01. The highest BCUT2D eigenvalue weighted by Crippen LogP contribution is 2.23. The lowest BCUT2D eigenvalue weighted by Gasteiger charge is -2.14. The quantitative estimate of drug-likeness (QED) is 0.734. The second kappa shape index (κ2) is 7.56. The molecule has 3 N–H and O–H groups in total. The Bertz CT molecular complexity index is 665. The molecule has 2 aromatic carbocycles. The molecule has 0 unspecified atom stereocenters. The lowest BCUT2D eigenvalue weighted by Crippen LogP contribution is -2.40. The number of aliphatic carboxylic acids is 1. The summed E-state index contributed by atoms with van der Waals surface area (Å²) >= 11 is 0. The minimum Gasteiger partial charge on any atom is -0.480 e. The summed E-state index contributed by atoms with van der Waals surface area (Å²) in [5.41, 5.74) is 0.697. The van der Waals surface area contributed by atoms with Crippen molar-refractivity contribution >= 4 is 28.3 Å². The lowest BCUT2D eigenvalue weighted by molar-refractivity contribution is -0.141. The van der Waals surface area contributed by atoms with Gasteiger partial charge in [0.1, 0.15) is 6.04 Å². The van der Waals surface area contributed by atoms with E-state index in [0.717, 1.165) is 17.2 Å². The number of carboxylic acid groups (broad SMARTS) is 1. The third kappa shape index (κ3) is 4.05. The molecule has 0 saturated carbocycles. The van der Waals surface area contributed by atoms with Gasteiger partial charge in [0.15, 0.2) is 0 Å². The van der Waals surface area contributed by atoms with Crippen molar-refractivity contribution in [2.75, 3.05) is 11.9 Å². The van der Waals surface area contributed by atoms with Crippen molar-refractivity contribution in [3.63, 3.8) is 0 Å². The van der Waals surface area contributed by atoms with Crippen molar-refractivity contribution in [2.24, 2.45) is 0 Å². The molecule has 0 aliphatic heterocycles. The molecular weight excluding hydrogens is 280 g/mol. The molecular formula is C17H20N2O3. The van der Waals surface area contributed by atoms with E-state index in [1.165, 1.54) is 0 Å². The van der Waals surface area contributed by atoms with Gasteiger partial charge in [0, 0.05) is 11.1 Å². The standard InChI is InChI=1S/C17H20N2O3/c1-2-10-18-15(17(21)22)11-16(20)19-14-9-5-7-12-6-3-4-8-13(12)14/h3-9,15,18H,2,10-11H2,1H3,(H,19,20)(H,21,22)/t15-/m0/s1. The van der Waals surface area contributed by atoms with E-state index >= 15 is 0 Å². The average molecular weight is 300 g/mol. The third-order valence-corrected chi connectivity index (χ3v) is 3.39. The van der Waals surface area contributed by atoms with Crippen LogP contribution in [-0.4, -0.2) is 29.6 Å². The average Bonchev–Trinajstić information content (AvgIpc) is 2.51. The van der Waals surface area contributed by atoms with Crippen LogP contribution in [0.3, 0.4) is 0 Å². The number of anilines is 1. The predicted octanol–water partition coefficient (Wildman–Crippen LogP) is 2.62. The van der Waals surface area contributed by atoms with Crippen LogP contribution in [0.2, 0.25) is 0 Å². The van der Waals surface area contributed by atoms with Crippen LogP contribution in [0.15, 0.2) is 42.5 Å². The monoisotopic (exact) mass is 300 g/mol. The molecule has 1 amide bonds. The number of amides is 1. The highest BCUT2D eigenvalue weighted by Gasteiger charge is 2.20. The number of nitrogens with one attached hydrogen (secondary N) is 2. The van der Waals surface area contributed by atoms with Crippen LogP contribution in [-0.2, 0) is 9.59 Å². The highest BCUT2D eigenvalue weighted by atomic mass is 16.4. The van der Waals surface area contributed by atoms with Crippen LogP contribution < -0.4 is 10.6 Å². The molecule has 0 heterocycles. The smallest absolute Gasteiger partial charge is 0.321 e. The van der Waals surface area contributed by atoms with Crippen molar-refractivity contribution in [3.8, 4) is 0 Å². The van der Waals surface area contributed by atoms with Crippen molar-refractivity contribution in [2.45, 2.75) is 25.8 Å². The summed E-state index contributed by atoms with van der Waals surface area (Å²) in [5, 5.41) is 16.8. The van der Waals surface area contributed by atoms with E-state index < -0.39 is 12.0 Å². The number of rotatable bonds is 7. The lowest BCUT2D eigenvalue weighted by atomic mass is 10.1. The molecule has 0 fully saturated rings. The zero-order chi connectivity index (χ0) is 15.9. The van der Waals surface area contributed by atoms with E-state index in [2.05, 4.69) is 10.6 Å². The van der Waals surface area contributed by atoms with Gasteiger partial charge >= 0.3 is 5.97 Å². The molecule has 0 saturated heterocycles. The molecule has 0 aromatic heterocycles. The van der Waals surface area contributed by atoms with Gasteiger partial charge in [0.2, 0.25) is 5.91 Å². The van der Waals surface area contributed by atoms with Gasteiger partial charge in [-0.05, 0) is 24.4 Å². The Morgan fingerprint density at radius 3 is 2.59 bits per heavy atom. The fraction of sp³-hybridized carbons (Fsp3) is 0.294. The molecule has 1 atom stereocenters. The normalized spacial score (nSPS) is 12.0. The predicted molar refractivity (Wildman–Crippen MR) is 86.9 cm³/mol. The maximum atomic E-state index is 12.1. The SMILES string of the molecule is CCCN[C@@H](CC(=O)Nc1cccc2ccccc12)C(=O)O. The largest absolute Gasteiger partial charge is 0.480 e. The van der Waals surface area contributed by atoms with Crippen molar-refractivity contribution < 1.29 is 14.7 Å². The van der Waals surface area contributed by atoms with E-state index in [9.17, 15) is 9.59 Å². The first-order chi connectivity index (χ1) is 10.6. The Hall–Kier alpha value is -2.40. The molecule has 0 bridgehead atoms. The summed E-state index contributed by atoms with van der Waals surface area (Å²) in [6.07, 6.45) is 0.716. The Kier molecular flexibility index (Phi) is 5.49. The van der Waals surface area contributed by atoms with Gasteiger partial charge in [0.25, 0.3) is 0 Å². The molecule has 22 heavy (non-hydrogen) atoms. The molecule has 2 aromatic rings. The summed E-state index contributed by atoms with van der Waals surface area (Å²) in [5.74, 6) is -1.33. The number of carboxylic acids is 1. The molecule has 5 nitrogen and oxygen atoms in total. The molecule has 0 spiro atoms. The Morgan fingerprint density at radius 2 is 1.86 bits per heavy atom. The topological polar surface area (TPSA) is 78.4 Å². The van der Waals surface area contributed by atoms with E-state index in [4.69, 9.17) is 5.11 Å². The van der Waals surface area contributed by atoms with Gasteiger partial charge in [0.05, 0.1) is 6.42 Å². The van der Waals surface area contributed by atoms with Crippen LogP contribution in [0, 0.1) is 0 Å². The molecule has 0 aliphatic rings. The zero-order valence-corrected chi connectivity index (χ0v) is 12.5. The first kappa shape index (κ1) is 16.0. The highest BCUT2D eigenvalue weighted by molar-refractivity contribution is 6.03. The van der Waals surface area contributed by atoms with Crippen molar-refractivity contribution in [1.82, 2.24) is 5.32 Å². The zero-order valence-electron chi connectivity index (χ0n) is 12.5. The summed E-state index contributed by atoms with van der Waals surface area (Å²) < 4.78 is 0. The van der Waals surface area contributed by atoms with Crippen LogP contribution in [0.1, 0.15) is 19.8 Å². The van der Waals surface area contributed by atoms with Gasteiger partial charge in [-0.1, -0.05) is 43.3 Å². The number of benzene rings is 2. The van der Waals surface area contributed by atoms with Crippen LogP contribution in [0.25, 0.3) is 10.8 Å². The van der Waals surface area contributed by atoms with Crippen molar-refractivity contribution in [3.05, 3.63) is 42.5 Å². The van der Waals surface area contributed by atoms with Gasteiger partial charge in [-0.3, -0.25) is 9.59 Å². The number of carbonyl (C=O) groups excluding carboxylic acids is 1. The molecule has 0 radical (unpaired) electrons. The molecule has 2 rings (SSSR count). The maximum Gasteiger partial charge on any atom is 0.321 e. The molecule has 5 heteroatoms. The first-order valence-electron chi connectivity index (χ1n) is 7.35. The first-order valence-corrected chi connectivity index (χ1v) is 7.35. The second-order valence-electron chi connectivity index (χ2n) is 5.12. The van der Waals surface area contributed by atoms with E-state index in [1.807, 2.05) is 49.4 Å². The number of hydrogen-bond donors (Lipinski definition) is 3. The Morgan fingerprint density at radius 1 is 1.14 bits per heavy atom. The molecule has 116 valence electrons. The van der Waals surface area contributed by atoms with Gasteiger partial charge in [-0.15, -0.1) is 0 Å². The number of carbonyl (C=O) groups is 2.